The van der Waals surface area contributed by atoms with Crippen LogP contribution >= 0.6 is 12.4 Å². The molecule has 2 nitrogen and oxygen atoms in total. The van der Waals surface area contributed by atoms with E-state index in [0.717, 1.165) is 12.1 Å². The minimum Gasteiger partial charge on any atom is -0.391 e. The Morgan fingerprint density at radius 1 is 1.05 bits per heavy atom. The summed E-state index contributed by atoms with van der Waals surface area (Å²) in [5.41, 5.74) is 5.20. The topological polar surface area (TPSA) is 46.2 Å². The smallest absolute Gasteiger partial charge is 0.391 e. The molecule has 2 atom stereocenters. The van der Waals surface area contributed by atoms with Gasteiger partial charge in [-0.1, -0.05) is 32.9 Å². The summed E-state index contributed by atoms with van der Waals surface area (Å²) >= 11 is 0. The van der Waals surface area contributed by atoms with Gasteiger partial charge in [0.15, 0.2) is 0 Å². The first kappa shape index (κ1) is 18.2. The summed E-state index contributed by atoms with van der Waals surface area (Å²) in [7, 11) is 0. The molecule has 0 aromatic heterocycles. The molecule has 0 saturated heterocycles. The van der Waals surface area contributed by atoms with E-state index >= 15 is 0 Å². The summed E-state index contributed by atoms with van der Waals surface area (Å²) in [5.74, 6) is 0. The molecule has 0 bridgehead atoms. The van der Waals surface area contributed by atoms with Crippen LogP contribution in [0.1, 0.15) is 37.9 Å². The van der Waals surface area contributed by atoms with E-state index in [1.807, 2.05) is 20.8 Å². The van der Waals surface area contributed by atoms with Crippen molar-refractivity contribution in [3.8, 4) is 0 Å². The first-order valence-corrected chi connectivity index (χ1v) is 5.64. The van der Waals surface area contributed by atoms with Crippen LogP contribution in [0.4, 0.5) is 13.2 Å². The van der Waals surface area contributed by atoms with Crippen molar-refractivity contribution >= 4 is 12.4 Å². The lowest BCUT2D eigenvalue weighted by Crippen LogP contribution is -2.36. The summed E-state index contributed by atoms with van der Waals surface area (Å²) in [6.07, 6.45) is -5.18. The fourth-order valence-corrected chi connectivity index (χ4v) is 1.62. The van der Waals surface area contributed by atoms with Gasteiger partial charge in [0.25, 0.3) is 0 Å². The Kier molecular flexibility index (Phi) is 5.86. The van der Waals surface area contributed by atoms with E-state index in [-0.39, 0.29) is 12.4 Å². The van der Waals surface area contributed by atoms with Crippen molar-refractivity contribution in [2.24, 2.45) is 11.1 Å². The molecule has 0 spiro atoms. The van der Waals surface area contributed by atoms with Gasteiger partial charge < -0.3 is 10.8 Å². The van der Waals surface area contributed by atoms with Crippen LogP contribution in [-0.4, -0.2) is 11.2 Å². The highest BCUT2D eigenvalue weighted by Crippen LogP contribution is 2.32. The highest BCUT2D eigenvalue weighted by molar-refractivity contribution is 5.85. The molecule has 0 radical (unpaired) electrons. The zero-order valence-corrected chi connectivity index (χ0v) is 11.8. The van der Waals surface area contributed by atoms with Gasteiger partial charge in [-0.05, 0) is 23.1 Å². The lowest BCUT2D eigenvalue weighted by atomic mass is 9.82. The van der Waals surface area contributed by atoms with Gasteiger partial charge >= 0.3 is 6.18 Å². The first-order chi connectivity index (χ1) is 8.03. The fraction of sp³-hybridized carbons (Fsp3) is 0.538. The van der Waals surface area contributed by atoms with Gasteiger partial charge in [0, 0.05) is 0 Å². The SMILES string of the molecule is CC(C)(C)[C@@H](O)[C@@H](N)c1ccc(C(F)(F)F)cc1.Cl. The molecule has 0 heterocycles. The first-order valence-electron chi connectivity index (χ1n) is 5.64. The van der Waals surface area contributed by atoms with Crippen LogP contribution in [-0.2, 0) is 6.18 Å². The molecule has 0 fully saturated rings. The number of hydrogen-bond donors (Lipinski definition) is 2. The molecule has 1 aromatic carbocycles. The molecular formula is C13H19ClF3NO. The van der Waals surface area contributed by atoms with Crippen molar-refractivity contribution in [1.29, 1.82) is 0 Å². The molecule has 110 valence electrons. The van der Waals surface area contributed by atoms with E-state index in [1.54, 1.807) is 0 Å². The third-order valence-electron chi connectivity index (χ3n) is 2.85. The van der Waals surface area contributed by atoms with Gasteiger partial charge in [-0.3, -0.25) is 0 Å². The van der Waals surface area contributed by atoms with Crippen molar-refractivity contribution in [3.63, 3.8) is 0 Å². The second-order valence-corrected chi connectivity index (χ2v) is 5.46. The van der Waals surface area contributed by atoms with E-state index in [0.29, 0.717) is 5.56 Å². The van der Waals surface area contributed by atoms with Crippen LogP contribution in [0.15, 0.2) is 24.3 Å². The Hall–Kier alpha value is -0.780. The Balaban J connectivity index is 0.00000324. The number of aliphatic hydroxyl groups excluding tert-OH is 1. The lowest BCUT2D eigenvalue weighted by Gasteiger charge is -2.31. The van der Waals surface area contributed by atoms with Crippen molar-refractivity contribution in [1.82, 2.24) is 0 Å². The quantitative estimate of drug-likeness (QED) is 0.877. The van der Waals surface area contributed by atoms with Crippen molar-refractivity contribution in [2.45, 2.75) is 39.1 Å². The van der Waals surface area contributed by atoms with Crippen LogP contribution in [0.3, 0.4) is 0 Å². The summed E-state index contributed by atoms with van der Waals surface area (Å²) in [5, 5.41) is 9.99. The standard InChI is InChI=1S/C13H18F3NO.ClH/c1-12(2,3)11(18)10(17)8-4-6-9(7-5-8)13(14,15)16;/h4-7,10-11,18H,17H2,1-3H3;1H/t10-,11-;/m0./s1. The van der Waals surface area contributed by atoms with Gasteiger partial charge in [0.2, 0.25) is 0 Å². The van der Waals surface area contributed by atoms with Gasteiger partial charge in [-0.15, -0.1) is 12.4 Å². The number of halogens is 4. The minimum absolute atomic E-state index is 0. The highest BCUT2D eigenvalue weighted by atomic mass is 35.5. The van der Waals surface area contributed by atoms with Crippen LogP contribution in [0.5, 0.6) is 0 Å². The van der Waals surface area contributed by atoms with Crippen molar-refractivity contribution in [2.75, 3.05) is 0 Å². The molecule has 0 amide bonds. The predicted molar refractivity (Wildman–Crippen MR) is 71.1 cm³/mol. The lowest BCUT2D eigenvalue weighted by molar-refractivity contribution is -0.137. The Labute approximate surface area is 117 Å². The molecule has 19 heavy (non-hydrogen) atoms. The Morgan fingerprint density at radius 3 is 1.79 bits per heavy atom. The van der Waals surface area contributed by atoms with Gasteiger partial charge in [-0.25, -0.2) is 0 Å². The molecule has 1 rings (SSSR count). The normalized spacial score (nSPS) is 15.6. The van der Waals surface area contributed by atoms with Crippen LogP contribution in [0.2, 0.25) is 0 Å². The number of rotatable bonds is 2. The molecule has 3 N–H and O–H groups in total. The number of benzene rings is 1. The number of nitrogens with two attached hydrogens (primary N) is 1. The summed E-state index contributed by atoms with van der Waals surface area (Å²) in [6.45, 7) is 5.46. The maximum atomic E-state index is 12.4. The van der Waals surface area contributed by atoms with Crippen molar-refractivity contribution < 1.29 is 18.3 Å². The van der Waals surface area contributed by atoms with E-state index in [2.05, 4.69) is 0 Å². The molecule has 0 aliphatic heterocycles. The van der Waals surface area contributed by atoms with Crippen molar-refractivity contribution in [3.05, 3.63) is 35.4 Å². The average molecular weight is 298 g/mol. The van der Waals surface area contributed by atoms with Crippen LogP contribution in [0.25, 0.3) is 0 Å². The monoisotopic (exact) mass is 297 g/mol. The second-order valence-electron chi connectivity index (χ2n) is 5.46. The van der Waals surface area contributed by atoms with Gasteiger partial charge in [0.1, 0.15) is 0 Å². The summed E-state index contributed by atoms with van der Waals surface area (Å²) < 4.78 is 37.2. The largest absolute Gasteiger partial charge is 0.416 e. The molecule has 0 saturated carbocycles. The summed E-state index contributed by atoms with van der Waals surface area (Å²) in [4.78, 5) is 0. The fourth-order valence-electron chi connectivity index (χ4n) is 1.62. The Morgan fingerprint density at radius 2 is 1.47 bits per heavy atom. The second kappa shape index (κ2) is 6.11. The third-order valence-corrected chi connectivity index (χ3v) is 2.85. The maximum absolute atomic E-state index is 12.4. The molecule has 1 aromatic rings. The molecule has 0 aliphatic carbocycles. The zero-order chi connectivity index (χ0) is 14.1. The van der Waals surface area contributed by atoms with Crippen LogP contribution in [0, 0.1) is 5.41 Å². The van der Waals surface area contributed by atoms with E-state index in [4.69, 9.17) is 5.73 Å². The van der Waals surface area contributed by atoms with E-state index in [9.17, 15) is 18.3 Å². The van der Waals surface area contributed by atoms with Crippen LogP contribution < -0.4 is 5.73 Å². The zero-order valence-electron chi connectivity index (χ0n) is 11.0. The van der Waals surface area contributed by atoms with E-state index < -0.39 is 29.3 Å². The van der Waals surface area contributed by atoms with Gasteiger partial charge in [-0.2, -0.15) is 13.2 Å². The van der Waals surface area contributed by atoms with Gasteiger partial charge in [0.05, 0.1) is 17.7 Å². The Bertz CT molecular complexity index is 398. The molecule has 0 aliphatic rings. The minimum atomic E-state index is -4.36. The number of aliphatic hydroxyl groups is 1. The average Bonchev–Trinajstić information content (AvgIpc) is 2.25. The molecule has 6 heteroatoms. The predicted octanol–water partition coefficient (Wildman–Crippen LogP) is 3.53. The number of alkyl halides is 3. The molecule has 0 unspecified atom stereocenters. The molecular weight excluding hydrogens is 279 g/mol. The number of hydrogen-bond acceptors (Lipinski definition) is 2. The maximum Gasteiger partial charge on any atom is 0.416 e. The highest BCUT2D eigenvalue weighted by Gasteiger charge is 2.32. The third kappa shape index (κ3) is 4.67. The summed E-state index contributed by atoms with van der Waals surface area (Å²) in [6, 6.07) is 3.87. The van der Waals surface area contributed by atoms with E-state index in [1.165, 1.54) is 12.1 Å².